The van der Waals surface area contributed by atoms with Gasteiger partial charge in [0, 0.05) is 0 Å². The maximum absolute atomic E-state index is 12.8. The van der Waals surface area contributed by atoms with Gasteiger partial charge in [-0.05, 0) is 62.0 Å². The normalized spacial score (nSPS) is 33.2. The van der Waals surface area contributed by atoms with E-state index in [-0.39, 0.29) is 18.3 Å². The van der Waals surface area contributed by atoms with Gasteiger partial charge in [0.15, 0.2) is 0 Å². The standard InChI is InChI=1S/C15H18F6O/c1-3-10-8-5-9(12(6-8)11(10)4-2)7-13(22,14(16,17)18)15(19,20)21/h3-4,8-9,12,22H,5-7H2,1-2H3. The Kier molecular flexibility index (Phi) is 4.17. The molecule has 22 heavy (non-hydrogen) atoms. The van der Waals surface area contributed by atoms with Crippen LogP contribution >= 0.6 is 0 Å². The van der Waals surface area contributed by atoms with Gasteiger partial charge in [0.2, 0.25) is 0 Å². The highest BCUT2D eigenvalue weighted by atomic mass is 19.4. The molecule has 1 nitrogen and oxygen atoms in total. The van der Waals surface area contributed by atoms with E-state index < -0.39 is 30.3 Å². The second-order valence-corrected chi connectivity index (χ2v) is 6.08. The van der Waals surface area contributed by atoms with Crippen molar-refractivity contribution < 1.29 is 31.4 Å². The molecule has 2 aliphatic rings. The Morgan fingerprint density at radius 3 is 1.86 bits per heavy atom. The summed E-state index contributed by atoms with van der Waals surface area (Å²) in [4.78, 5) is 0. The fourth-order valence-electron chi connectivity index (χ4n) is 3.99. The van der Waals surface area contributed by atoms with Gasteiger partial charge in [-0.3, -0.25) is 0 Å². The predicted octanol–water partition coefficient (Wildman–Crippen LogP) is 4.78. The highest BCUT2D eigenvalue weighted by Gasteiger charge is 2.71. The van der Waals surface area contributed by atoms with Gasteiger partial charge in [-0.15, -0.1) is 0 Å². The lowest BCUT2D eigenvalue weighted by atomic mass is 9.75. The van der Waals surface area contributed by atoms with E-state index in [2.05, 4.69) is 0 Å². The lowest BCUT2D eigenvalue weighted by Gasteiger charge is -2.37. The molecular weight excluding hydrogens is 310 g/mol. The van der Waals surface area contributed by atoms with Gasteiger partial charge in [-0.2, -0.15) is 26.3 Å². The molecule has 0 aliphatic heterocycles. The molecule has 2 fully saturated rings. The molecule has 1 N–H and O–H groups in total. The van der Waals surface area contributed by atoms with Crippen LogP contribution in [0, 0.1) is 17.8 Å². The third kappa shape index (κ3) is 2.47. The van der Waals surface area contributed by atoms with E-state index in [1.807, 2.05) is 13.0 Å². The first-order chi connectivity index (χ1) is 9.96. The lowest BCUT2D eigenvalue weighted by molar-refractivity contribution is -0.373. The van der Waals surface area contributed by atoms with Crippen LogP contribution in [0.1, 0.15) is 33.1 Å². The summed E-state index contributed by atoms with van der Waals surface area (Å²) in [5.41, 5.74) is -2.79. The first kappa shape index (κ1) is 17.4. The number of halogens is 6. The number of alkyl halides is 6. The average Bonchev–Trinajstić information content (AvgIpc) is 2.92. The van der Waals surface area contributed by atoms with Crippen LogP contribution in [0.4, 0.5) is 26.3 Å². The molecule has 2 rings (SSSR count). The Bertz CT molecular complexity index is 485. The summed E-state index contributed by atoms with van der Waals surface area (Å²) >= 11 is 0. The topological polar surface area (TPSA) is 20.2 Å². The number of fused-ring (bicyclic) bond motifs is 2. The Balaban J connectivity index is 2.29. The maximum Gasteiger partial charge on any atom is 0.426 e. The molecule has 0 heterocycles. The van der Waals surface area contributed by atoms with Gasteiger partial charge in [-0.1, -0.05) is 12.2 Å². The molecular formula is C15H18F6O. The van der Waals surface area contributed by atoms with E-state index in [4.69, 9.17) is 0 Å². The number of aliphatic hydroxyl groups is 1. The minimum atomic E-state index is -5.73. The van der Waals surface area contributed by atoms with E-state index in [0.29, 0.717) is 6.42 Å². The van der Waals surface area contributed by atoms with Crippen molar-refractivity contribution in [1.29, 1.82) is 0 Å². The zero-order valence-corrected chi connectivity index (χ0v) is 12.2. The summed E-state index contributed by atoms with van der Waals surface area (Å²) in [5, 5.41) is 9.37. The third-order valence-corrected chi connectivity index (χ3v) is 4.98. The predicted molar refractivity (Wildman–Crippen MR) is 68.9 cm³/mol. The smallest absolute Gasteiger partial charge is 0.374 e. The summed E-state index contributed by atoms with van der Waals surface area (Å²) in [6.45, 7) is 3.55. The van der Waals surface area contributed by atoms with Crippen molar-refractivity contribution in [2.24, 2.45) is 17.8 Å². The summed E-state index contributed by atoms with van der Waals surface area (Å²) in [6.07, 6.45) is -8.33. The Labute approximate surface area is 124 Å². The van der Waals surface area contributed by atoms with Crippen LogP contribution in [-0.4, -0.2) is 23.1 Å². The fourth-order valence-corrected chi connectivity index (χ4v) is 3.99. The molecule has 126 valence electrons. The molecule has 3 atom stereocenters. The minimum absolute atomic E-state index is 0.00285. The monoisotopic (exact) mass is 328 g/mol. The third-order valence-electron chi connectivity index (χ3n) is 4.98. The quantitative estimate of drug-likeness (QED) is 0.723. The molecule has 2 bridgehead atoms. The van der Waals surface area contributed by atoms with Crippen LogP contribution in [0.25, 0.3) is 0 Å². The van der Waals surface area contributed by atoms with Crippen molar-refractivity contribution in [3.05, 3.63) is 23.3 Å². The fraction of sp³-hybridized carbons (Fsp3) is 0.733. The lowest BCUT2D eigenvalue weighted by Crippen LogP contribution is -2.58. The Morgan fingerprint density at radius 2 is 1.45 bits per heavy atom. The molecule has 0 aromatic carbocycles. The minimum Gasteiger partial charge on any atom is -0.374 e. The molecule has 2 aliphatic carbocycles. The zero-order valence-electron chi connectivity index (χ0n) is 12.2. The van der Waals surface area contributed by atoms with Gasteiger partial charge < -0.3 is 5.11 Å². The molecule has 0 aromatic rings. The van der Waals surface area contributed by atoms with Crippen LogP contribution in [-0.2, 0) is 0 Å². The second-order valence-electron chi connectivity index (χ2n) is 6.08. The molecule has 0 spiro atoms. The Hall–Kier alpha value is -0.980. The molecule has 0 saturated heterocycles. The number of hydrogen-bond acceptors (Lipinski definition) is 1. The van der Waals surface area contributed by atoms with E-state index >= 15 is 0 Å². The molecule has 7 heteroatoms. The molecule has 0 aromatic heterocycles. The van der Waals surface area contributed by atoms with Gasteiger partial charge in [0.25, 0.3) is 5.60 Å². The van der Waals surface area contributed by atoms with Crippen LogP contribution in [0.5, 0.6) is 0 Å². The van der Waals surface area contributed by atoms with Crippen LogP contribution in [0.2, 0.25) is 0 Å². The Morgan fingerprint density at radius 1 is 0.955 bits per heavy atom. The molecule has 3 unspecified atom stereocenters. The highest BCUT2D eigenvalue weighted by Crippen LogP contribution is 2.59. The van der Waals surface area contributed by atoms with E-state index in [9.17, 15) is 31.4 Å². The molecule has 2 saturated carbocycles. The molecule has 0 radical (unpaired) electrons. The van der Waals surface area contributed by atoms with Gasteiger partial charge in [-0.25, -0.2) is 0 Å². The van der Waals surface area contributed by atoms with Gasteiger partial charge in [0.1, 0.15) is 0 Å². The molecule has 0 amide bonds. The van der Waals surface area contributed by atoms with Crippen LogP contribution < -0.4 is 0 Å². The van der Waals surface area contributed by atoms with Crippen molar-refractivity contribution in [3.63, 3.8) is 0 Å². The van der Waals surface area contributed by atoms with Crippen LogP contribution in [0.15, 0.2) is 23.3 Å². The van der Waals surface area contributed by atoms with Crippen molar-refractivity contribution in [1.82, 2.24) is 0 Å². The van der Waals surface area contributed by atoms with E-state index in [1.165, 1.54) is 0 Å². The van der Waals surface area contributed by atoms with Crippen molar-refractivity contribution in [3.8, 4) is 0 Å². The number of hydrogen-bond donors (Lipinski definition) is 1. The SMILES string of the molecule is CC=C1C(=CC)C2CC1CC2CC(O)(C(F)(F)F)C(F)(F)F. The van der Waals surface area contributed by atoms with Gasteiger partial charge >= 0.3 is 12.4 Å². The van der Waals surface area contributed by atoms with E-state index in [1.54, 1.807) is 13.0 Å². The number of rotatable bonds is 2. The van der Waals surface area contributed by atoms with Crippen LogP contribution in [0.3, 0.4) is 0 Å². The maximum atomic E-state index is 12.8. The van der Waals surface area contributed by atoms with Crippen molar-refractivity contribution >= 4 is 0 Å². The summed E-state index contributed by atoms with van der Waals surface area (Å²) < 4.78 is 76.9. The first-order valence-electron chi connectivity index (χ1n) is 7.15. The second kappa shape index (κ2) is 5.28. The van der Waals surface area contributed by atoms with Gasteiger partial charge in [0.05, 0.1) is 0 Å². The average molecular weight is 328 g/mol. The first-order valence-corrected chi connectivity index (χ1v) is 7.15. The summed E-state index contributed by atoms with van der Waals surface area (Å²) in [6, 6.07) is 0. The largest absolute Gasteiger partial charge is 0.426 e. The summed E-state index contributed by atoms with van der Waals surface area (Å²) in [5.74, 6) is -1.15. The summed E-state index contributed by atoms with van der Waals surface area (Å²) in [7, 11) is 0. The number of allylic oxidation sites excluding steroid dienone is 4. The van der Waals surface area contributed by atoms with E-state index in [0.717, 1.165) is 11.1 Å². The van der Waals surface area contributed by atoms with Crippen molar-refractivity contribution in [2.45, 2.75) is 51.1 Å². The van der Waals surface area contributed by atoms with Crippen molar-refractivity contribution in [2.75, 3.05) is 0 Å². The zero-order chi connectivity index (χ0) is 16.9. The highest BCUT2D eigenvalue weighted by molar-refractivity contribution is 5.42.